The predicted molar refractivity (Wildman–Crippen MR) is 85.7 cm³/mol. The van der Waals surface area contributed by atoms with Gasteiger partial charge in [0.1, 0.15) is 0 Å². The molecule has 21 heavy (non-hydrogen) atoms. The number of anilines is 1. The molecule has 2 aromatic heterocycles. The highest BCUT2D eigenvalue weighted by atomic mass is 35.5. The molecule has 1 amide bonds. The Labute approximate surface area is 135 Å². The van der Waals surface area contributed by atoms with E-state index < -0.39 is 0 Å². The largest absolute Gasteiger partial charge is 0.302 e. The third-order valence-corrected chi connectivity index (χ3v) is 5.61. The molecular formula is C14H13ClN2O2S2. The van der Waals surface area contributed by atoms with Gasteiger partial charge in [0, 0.05) is 17.7 Å². The molecule has 3 rings (SSSR count). The van der Waals surface area contributed by atoms with E-state index in [4.69, 9.17) is 11.6 Å². The van der Waals surface area contributed by atoms with Crippen LogP contribution in [-0.2, 0) is 17.6 Å². The van der Waals surface area contributed by atoms with Crippen LogP contribution >= 0.6 is 34.3 Å². The Balaban J connectivity index is 1.51. The van der Waals surface area contributed by atoms with Crippen LogP contribution in [0.5, 0.6) is 0 Å². The van der Waals surface area contributed by atoms with Crippen molar-refractivity contribution in [3.63, 3.8) is 0 Å². The number of hydrogen-bond acceptors (Lipinski definition) is 5. The number of rotatable bonds is 5. The van der Waals surface area contributed by atoms with Crippen molar-refractivity contribution in [2.45, 2.75) is 32.1 Å². The van der Waals surface area contributed by atoms with Gasteiger partial charge in [-0.15, -0.1) is 22.7 Å². The van der Waals surface area contributed by atoms with Crippen LogP contribution < -0.4 is 5.32 Å². The number of carbonyl (C=O) groups is 2. The molecule has 0 aliphatic heterocycles. The number of Topliss-reactive ketones (excluding diaryl/α,β-unsaturated/α-hetero) is 1. The second-order valence-electron chi connectivity index (χ2n) is 4.82. The number of amides is 1. The highest BCUT2D eigenvalue weighted by molar-refractivity contribution is 7.18. The zero-order valence-electron chi connectivity index (χ0n) is 11.1. The zero-order valence-corrected chi connectivity index (χ0v) is 13.5. The van der Waals surface area contributed by atoms with Crippen molar-refractivity contribution >= 4 is 51.1 Å². The van der Waals surface area contributed by atoms with Crippen LogP contribution in [0.25, 0.3) is 0 Å². The first-order chi connectivity index (χ1) is 10.1. The first kappa shape index (κ1) is 14.7. The Morgan fingerprint density at radius 3 is 2.81 bits per heavy atom. The number of ketones is 1. The maximum absolute atomic E-state index is 11.9. The van der Waals surface area contributed by atoms with Crippen molar-refractivity contribution < 1.29 is 9.59 Å². The summed E-state index contributed by atoms with van der Waals surface area (Å²) in [4.78, 5) is 30.0. The highest BCUT2D eigenvalue weighted by Gasteiger charge is 2.18. The fraction of sp³-hybridized carbons (Fsp3) is 0.357. The molecule has 0 saturated heterocycles. The van der Waals surface area contributed by atoms with Gasteiger partial charge in [0.15, 0.2) is 10.9 Å². The van der Waals surface area contributed by atoms with E-state index in [0.717, 1.165) is 25.0 Å². The van der Waals surface area contributed by atoms with Gasteiger partial charge >= 0.3 is 0 Å². The standard InChI is InChI=1S/C14H13ClN2O2S2/c15-12-6-5-11(20-12)9(18)4-7-13(19)17-14-16-8-2-1-3-10(8)21-14/h5-6H,1-4,7H2,(H,16,17,19). The minimum atomic E-state index is -0.168. The number of thiophene rings is 1. The predicted octanol–water partition coefficient (Wildman–Crippen LogP) is 3.95. The molecule has 0 radical (unpaired) electrons. The van der Waals surface area contributed by atoms with Crippen LogP contribution in [0, 0.1) is 0 Å². The second-order valence-corrected chi connectivity index (χ2v) is 7.62. The van der Waals surface area contributed by atoms with E-state index in [1.807, 2.05) is 0 Å². The summed E-state index contributed by atoms with van der Waals surface area (Å²) in [7, 11) is 0. The van der Waals surface area contributed by atoms with Gasteiger partial charge in [-0.05, 0) is 31.4 Å². The number of nitrogens with one attached hydrogen (secondary N) is 1. The number of nitrogens with zero attached hydrogens (tertiary/aromatic N) is 1. The quantitative estimate of drug-likeness (QED) is 0.838. The Bertz CT molecular complexity index is 671. The molecule has 0 aromatic carbocycles. The molecule has 110 valence electrons. The SMILES string of the molecule is O=C(CCC(=O)c1ccc(Cl)s1)Nc1nc2c(s1)CCC2. The molecule has 0 fully saturated rings. The van der Waals surface area contributed by atoms with Gasteiger partial charge in [-0.3, -0.25) is 9.59 Å². The molecule has 0 atom stereocenters. The number of aryl methyl sites for hydroxylation is 2. The third kappa shape index (κ3) is 3.51. The van der Waals surface area contributed by atoms with Crippen molar-refractivity contribution in [3.8, 4) is 0 Å². The van der Waals surface area contributed by atoms with Gasteiger partial charge in [0.05, 0.1) is 14.9 Å². The zero-order chi connectivity index (χ0) is 14.8. The van der Waals surface area contributed by atoms with Gasteiger partial charge in [-0.25, -0.2) is 4.98 Å². The van der Waals surface area contributed by atoms with Crippen molar-refractivity contribution in [2.75, 3.05) is 5.32 Å². The van der Waals surface area contributed by atoms with Crippen molar-refractivity contribution in [1.82, 2.24) is 4.98 Å². The molecule has 1 aliphatic rings. The smallest absolute Gasteiger partial charge is 0.226 e. The molecule has 4 nitrogen and oxygen atoms in total. The molecule has 0 unspecified atom stereocenters. The monoisotopic (exact) mass is 340 g/mol. The molecule has 2 heterocycles. The van der Waals surface area contributed by atoms with Gasteiger partial charge in [-0.2, -0.15) is 0 Å². The van der Waals surface area contributed by atoms with Gasteiger partial charge < -0.3 is 5.32 Å². The molecule has 0 saturated carbocycles. The van der Waals surface area contributed by atoms with Crippen LogP contribution in [0.2, 0.25) is 4.34 Å². The number of aromatic nitrogens is 1. The van der Waals surface area contributed by atoms with Crippen LogP contribution in [-0.4, -0.2) is 16.7 Å². The number of hydrogen-bond donors (Lipinski definition) is 1. The van der Waals surface area contributed by atoms with E-state index in [-0.39, 0.29) is 24.5 Å². The molecule has 1 aliphatic carbocycles. The average Bonchev–Trinajstić information content (AvgIpc) is 3.11. The Hall–Kier alpha value is -1.24. The number of thiazole rings is 1. The number of fused-ring (bicyclic) bond motifs is 1. The Morgan fingerprint density at radius 2 is 2.10 bits per heavy atom. The average molecular weight is 341 g/mol. The lowest BCUT2D eigenvalue weighted by Crippen LogP contribution is -2.13. The summed E-state index contributed by atoms with van der Waals surface area (Å²) >= 11 is 8.57. The van der Waals surface area contributed by atoms with Crippen molar-refractivity contribution in [1.29, 1.82) is 0 Å². The Kier molecular flexibility index (Phi) is 4.37. The maximum Gasteiger partial charge on any atom is 0.226 e. The Morgan fingerprint density at radius 1 is 1.24 bits per heavy atom. The van der Waals surface area contributed by atoms with Crippen LogP contribution in [0.15, 0.2) is 12.1 Å². The summed E-state index contributed by atoms with van der Waals surface area (Å²) in [6, 6.07) is 3.38. The lowest BCUT2D eigenvalue weighted by Gasteiger charge is -2.01. The molecule has 1 N–H and O–H groups in total. The van der Waals surface area contributed by atoms with E-state index in [1.54, 1.807) is 23.5 Å². The van der Waals surface area contributed by atoms with E-state index in [9.17, 15) is 9.59 Å². The van der Waals surface area contributed by atoms with Gasteiger partial charge in [-0.1, -0.05) is 11.6 Å². The first-order valence-electron chi connectivity index (χ1n) is 6.69. The van der Waals surface area contributed by atoms with E-state index in [1.165, 1.54) is 16.2 Å². The van der Waals surface area contributed by atoms with Gasteiger partial charge in [0.2, 0.25) is 5.91 Å². The van der Waals surface area contributed by atoms with Crippen LogP contribution in [0.4, 0.5) is 5.13 Å². The summed E-state index contributed by atoms with van der Waals surface area (Å²) in [6.45, 7) is 0. The molecule has 0 bridgehead atoms. The number of carbonyl (C=O) groups excluding carboxylic acids is 2. The molecule has 7 heteroatoms. The van der Waals surface area contributed by atoms with E-state index in [2.05, 4.69) is 10.3 Å². The summed E-state index contributed by atoms with van der Waals surface area (Å²) in [6.07, 6.45) is 3.56. The van der Waals surface area contributed by atoms with E-state index in [0.29, 0.717) is 14.3 Å². The lowest BCUT2D eigenvalue weighted by molar-refractivity contribution is -0.116. The third-order valence-electron chi connectivity index (χ3n) is 3.27. The first-order valence-corrected chi connectivity index (χ1v) is 8.70. The molecule has 0 spiro atoms. The van der Waals surface area contributed by atoms with Crippen molar-refractivity contribution in [2.24, 2.45) is 0 Å². The fourth-order valence-corrected chi connectivity index (χ4v) is 4.32. The highest BCUT2D eigenvalue weighted by Crippen LogP contribution is 2.30. The number of halogens is 1. The topological polar surface area (TPSA) is 59.1 Å². The normalized spacial score (nSPS) is 13.2. The summed E-state index contributed by atoms with van der Waals surface area (Å²) < 4.78 is 0.583. The van der Waals surface area contributed by atoms with E-state index >= 15 is 0 Å². The van der Waals surface area contributed by atoms with Crippen LogP contribution in [0.3, 0.4) is 0 Å². The second kappa shape index (κ2) is 6.25. The minimum absolute atomic E-state index is 0.0521. The lowest BCUT2D eigenvalue weighted by atomic mass is 10.2. The molecule has 2 aromatic rings. The maximum atomic E-state index is 11.9. The fourth-order valence-electron chi connectivity index (χ4n) is 2.24. The molecular weight excluding hydrogens is 328 g/mol. The summed E-state index contributed by atoms with van der Waals surface area (Å²) in [5.41, 5.74) is 1.11. The summed E-state index contributed by atoms with van der Waals surface area (Å²) in [5.74, 6) is -0.220. The minimum Gasteiger partial charge on any atom is -0.302 e. The summed E-state index contributed by atoms with van der Waals surface area (Å²) in [5, 5.41) is 3.43. The van der Waals surface area contributed by atoms with Gasteiger partial charge in [0.25, 0.3) is 0 Å². The van der Waals surface area contributed by atoms with Crippen molar-refractivity contribution in [3.05, 3.63) is 31.9 Å². The van der Waals surface area contributed by atoms with Crippen LogP contribution in [0.1, 0.15) is 39.5 Å².